The van der Waals surface area contributed by atoms with Gasteiger partial charge in [0.15, 0.2) is 11.5 Å². The number of alkyl halides is 3. The number of methoxy groups -OCH3 is 1. The summed E-state index contributed by atoms with van der Waals surface area (Å²) in [4.78, 5) is 11.4. The van der Waals surface area contributed by atoms with Crippen LogP contribution >= 0.6 is 11.6 Å². The summed E-state index contributed by atoms with van der Waals surface area (Å²) in [5, 5.41) is 6.39. The minimum absolute atomic E-state index is 0.00297. The molecule has 5 rings (SSSR count). The van der Waals surface area contributed by atoms with Crippen molar-refractivity contribution >= 4 is 23.2 Å². The van der Waals surface area contributed by atoms with Gasteiger partial charge in [-0.1, -0.05) is 23.7 Å². The summed E-state index contributed by atoms with van der Waals surface area (Å²) >= 11 is 6.05. The monoisotopic (exact) mass is 521 g/mol. The van der Waals surface area contributed by atoms with Gasteiger partial charge >= 0.3 is 6.18 Å². The quantitative estimate of drug-likeness (QED) is 0.517. The number of guanidine groups is 1. The molecule has 1 N–H and O–H groups in total. The lowest BCUT2D eigenvalue weighted by molar-refractivity contribution is -0.136. The normalized spacial score (nSPS) is 18.7. The van der Waals surface area contributed by atoms with Crippen molar-refractivity contribution in [2.75, 3.05) is 20.2 Å². The summed E-state index contributed by atoms with van der Waals surface area (Å²) in [6, 6.07) is 8.74. The van der Waals surface area contributed by atoms with E-state index in [1.165, 1.54) is 4.52 Å². The molecule has 0 spiro atoms. The van der Waals surface area contributed by atoms with E-state index in [9.17, 15) is 13.2 Å². The summed E-state index contributed by atoms with van der Waals surface area (Å²) in [6.07, 6.45) is -1.66. The first-order valence-corrected chi connectivity index (χ1v) is 12.2. The van der Waals surface area contributed by atoms with Gasteiger partial charge in [0.25, 0.3) is 0 Å². The standard InChI is InChI=1S/C24H27ClF3N7O/c1-15-19(25)13-18(24(26,27)28)22-29-20(31-35(15)22)9-10-21-30-23(33-11-3-4-12-33)32-34(21)14-16-5-7-17(36-2)8-6-16/h5-8,13,21H,3-4,9-12,14H2,1-2H3,(H,30,32). The molecule has 0 bridgehead atoms. The number of ether oxygens (including phenoxy) is 1. The van der Waals surface area contributed by atoms with Crippen LogP contribution in [-0.2, 0) is 19.1 Å². The van der Waals surface area contributed by atoms with E-state index in [4.69, 9.17) is 21.3 Å². The van der Waals surface area contributed by atoms with E-state index in [1.807, 2.05) is 24.3 Å². The smallest absolute Gasteiger partial charge is 0.420 e. The van der Waals surface area contributed by atoms with E-state index in [2.05, 4.69) is 25.4 Å². The van der Waals surface area contributed by atoms with Crippen LogP contribution in [0.25, 0.3) is 5.65 Å². The van der Waals surface area contributed by atoms with Gasteiger partial charge in [0.05, 0.1) is 17.8 Å². The Hall–Kier alpha value is -3.05. The van der Waals surface area contributed by atoms with Crippen LogP contribution in [0.2, 0.25) is 5.02 Å². The number of nitrogens with zero attached hydrogens (tertiary/aromatic N) is 6. The molecule has 1 aromatic carbocycles. The Morgan fingerprint density at radius 2 is 1.89 bits per heavy atom. The number of fused-ring (bicyclic) bond motifs is 1. The molecule has 0 saturated carbocycles. The second-order valence-corrected chi connectivity index (χ2v) is 9.41. The molecule has 1 fully saturated rings. The third-order valence-corrected chi connectivity index (χ3v) is 6.93. The number of aryl methyl sites for hydroxylation is 2. The fourth-order valence-electron chi connectivity index (χ4n) is 4.55. The van der Waals surface area contributed by atoms with Crippen LogP contribution in [0.3, 0.4) is 0 Å². The second kappa shape index (κ2) is 9.78. The highest BCUT2D eigenvalue weighted by Crippen LogP contribution is 2.35. The molecule has 36 heavy (non-hydrogen) atoms. The van der Waals surface area contributed by atoms with Crippen LogP contribution in [0.4, 0.5) is 13.2 Å². The van der Waals surface area contributed by atoms with Crippen molar-refractivity contribution in [1.29, 1.82) is 0 Å². The van der Waals surface area contributed by atoms with E-state index >= 15 is 0 Å². The molecule has 1 saturated heterocycles. The Kier molecular flexibility index (Phi) is 6.69. The van der Waals surface area contributed by atoms with Gasteiger partial charge in [-0.25, -0.2) is 14.5 Å². The number of nitrogens with one attached hydrogen (secondary N) is 1. The number of halogens is 4. The number of likely N-dealkylation sites (tertiary alicyclic amines) is 1. The lowest BCUT2D eigenvalue weighted by Gasteiger charge is -2.24. The Balaban J connectivity index is 1.37. The first-order valence-electron chi connectivity index (χ1n) is 11.8. The Morgan fingerprint density at radius 1 is 1.17 bits per heavy atom. The van der Waals surface area contributed by atoms with Gasteiger partial charge < -0.3 is 9.64 Å². The van der Waals surface area contributed by atoms with Crippen LogP contribution in [0, 0.1) is 6.92 Å². The zero-order valence-electron chi connectivity index (χ0n) is 20.0. The van der Waals surface area contributed by atoms with Gasteiger partial charge in [0.2, 0.25) is 5.96 Å². The fraction of sp³-hybridized carbons (Fsp3) is 0.458. The van der Waals surface area contributed by atoms with E-state index in [0.717, 1.165) is 49.3 Å². The van der Waals surface area contributed by atoms with Crippen LogP contribution in [-0.4, -0.2) is 56.8 Å². The van der Waals surface area contributed by atoms with Gasteiger partial charge in [0, 0.05) is 26.1 Å². The lowest BCUT2D eigenvalue weighted by Crippen LogP contribution is -2.45. The summed E-state index contributed by atoms with van der Waals surface area (Å²) < 4.78 is 47.2. The highest BCUT2D eigenvalue weighted by Gasteiger charge is 2.36. The van der Waals surface area contributed by atoms with Crippen molar-refractivity contribution in [1.82, 2.24) is 29.9 Å². The molecule has 2 aliphatic rings. The number of aromatic nitrogens is 3. The molecular weight excluding hydrogens is 495 g/mol. The van der Waals surface area contributed by atoms with Gasteiger partial charge in [-0.2, -0.15) is 23.3 Å². The maximum absolute atomic E-state index is 13.6. The molecule has 2 aromatic heterocycles. The van der Waals surface area contributed by atoms with Crippen LogP contribution in [0.1, 0.15) is 41.9 Å². The third-order valence-electron chi connectivity index (χ3n) is 6.55. The molecule has 2 aliphatic heterocycles. The fourth-order valence-corrected chi connectivity index (χ4v) is 4.74. The van der Waals surface area contributed by atoms with Crippen molar-refractivity contribution in [3.05, 3.63) is 58.0 Å². The van der Waals surface area contributed by atoms with Crippen molar-refractivity contribution in [3.8, 4) is 5.75 Å². The molecule has 0 radical (unpaired) electrons. The number of benzene rings is 1. The first-order chi connectivity index (χ1) is 17.2. The average Bonchev–Trinajstić information content (AvgIpc) is 3.60. The van der Waals surface area contributed by atoms with Crippen molar-refractivity contribution in [3.63, 3.8) is 0 Å². The molecule has 1 unspecified atom stereocenters. The predicted octanol–water partition coefficient (Wildman–Crippen LogP) is 4.45. The van der Waals surface area contributed by atoms with Crippen molar-refractivity contribution in [2.45, 2.75) is 51.5 Å². The second-order valence-electron chi connectivity index (χ2n) is 9.01. The molecule has 4 heterocycles. The Labute approximate surface area is 211 Å². The number of pyridine rings is 1. The summed E-state index contributed by atoms with van der Waals surface area (Å²) in [5.74, 6) is 1.93. The maximum atomic E-state index is 13.6. The lowest BCUT2D eigenvalue weighted by atomic mass is 10.2. The maximum Gasteiger partial charge on any atom is 0.420 e. The van der Waals surface area contributed by atoms with Gasteiger partial charge in [0.1, 0.15) is 17.5 Å². The summed E-state index contributed by atoms with van der Waals surface area (Å²) in [5.41, 5.74) is 3.80. The Morgan fingerprint density at radius 3 is 2.56 bits per heavy atom. The summed E-state index contributed by atoms with van der Waals surface area (Å²) in [7, 11) is 1.63. The number of aliphatic imine (C=N–C) groups is 1. The summed E-state index contributed by atoms with van der Waals surface area (Å²) in [6.45, 7) is 4.12. The highest BCUT2D eigenvalue weighted by atomic mass is 35.5. The van der Waals surface area contributed by atoms with Gasteiger partial charge in [-0.05, 0) is 49.9 Å². The van der Waals surface area contributed by atoms with Gasteiger partial charge in [-0.3, -0.25) is 5.43 Å². The van der Waals surface area contributed by atoms with Crippen LogP contribution < -0.4 is 10.2 Å². The van der Waals surface area contributed by atoms with E-state index in [-0.39, 0.29) is 16.8 Å². The zero-order chi connectivity index (χ0) is 25.4. The highest BCUT2D eigenvalue weighted by molar-refractivity contribution is 6.31. The molecule has 0 amide bonds. The SMILES string of the molecule is COc1ccc(CN2NC(N3CCCC3)=NC2CCc2nc3c(C(F)(F)F)cc(Cl)c(C)n3n2)cc1. The average molecular weight is 522 g/mol. The minimum Gasteiger partial charge on any atom is -0.497 e. The first kappa shape index (κ1) is 24.6. The predicted molar refractivity (Wildman–Crippen MR) is 130 cm³/mol. The van der Waals surface area contributed by atoms with Crippen LogP contribution in [0.5, 0.6) is 5.75 Å². The van der Waals surface area contributed by atoms with Gasteiger partial charge in [-0.15, -0.1) is 0 Å². The van der Waals surface area contributed by atoms with E-state index < -0.39 is 11.7 Å². The topological polar surface area (TPSA) is 70.3 Å². The molecule has 3 aromatic rings. The largest absolute Gasteiger partial charge is 0.497 e. The number of rotatable bonds is 6. The zero-order valence-corrected chi connectivity index (χ0v) is 20.8. The van der Waals surface area contributed by atoms with Crippen LogP contribution in [0.15, 0.2) is 35.3 Å². The molecule has 8 nitrogen and oxygen atoms in total. The number of hydrazine groups is 1. The minimum atomic E-state index is -4.58. The molecule has 192 valence electrons. The van der Waals surface area contributed by atoms with E-state index in [0.29, 0.717) is 30.9 Å². The molecule has 12 heteroatoms. The van der Waals surface area contributed by atoms with Crippen molar-refractivity contribution < 1.29 is 17.9 Å². The number of hydrogen-bond acceptors (Lipinski definition) is 7. The molecule has 1 atom stereocenters. The third kappa shape index (κ3) is 4.94. The number of hydrogen-bond donors (Lipinski definition) is 1. The molecular formula is C24H27ClF3N7O. The van der Waals surface area contributed by atoms with Crippen molar-refractivity contribution in [2.24, 2.45) is 4.99 Å². The van der Waals surface area contributed by atoms with E-state index in [1.54, 1.807) is 14.0 Å². The Bertz CT molecular complexity index is 1270. The molecule has 0 aliphatic carbocycles.